The van der Waals surface area contributed by atoms with E-state index < -0.39 is 0 Å². The van der Waals surface area contributed by atoms with Gasteiger partial charge in [-0.3, -0.25) is 4.79 Å². The third kappa shape index (κ3) is 7.01. The van der Waals surface area contributed by atoms with E-state index in [1.54, 1.807) is 0 Å². The minimum atomic E-state index is -0.229. The third-order valence-corrected chi connectivity index (χ3v) is 2.83. The molecule has 0 spiro atoms. The van der Waals surface area contributed by atoms with Gasteiger partial charge in [0.05, 0.1) is 5.38 Å². The number of alkyl halides is 1. The average molecular weight is 255 g/mol. The summed E-state index contributed by atoms with van der Waals surface area (Å²) in [4.78, 5) is 10.5. The predicted octanol–water partition coefficient (Wildman–Crippen LogP) is 3.77. The topological polar surface area (TPSA) is 26.3 Å². The van der Waals surface area contributed by atoms with Gasteiger partial charge in [0.1, 0.15) is 6.10 Å². The highest BCUT2D eigenvalue weighted by molar-refractivity contribution is 6.21. The van der Waals surface area contributed by atoms with E-state index in [4.69, 9.17) is 16.3 Å². The zero-order valence-electron chi connectivity index (χ0n) is 10.1. The first-order valence-electron chi connectivity index (χ1n) is 6.00. The van der Waals surface area contributed by atoms with Crippen molar-refractivity contribution in [2.24, 2.45) is 0 Å². The highest BCUT2D eigenvalue weighted by Gasteiger charge is 2.15. The number of hydrogen-bond acceptors (Lipinski definition) is 2. The Bertz CT molecular complexity index is 306. The van der Waals surface area contributed by atoms with Crippen molar-refractivity contribution in [3.05, 3.63) is 36.5 Å². The summed E-state index contributed by atoms with van der Waals surface area (Å²) in [5.41, 5.74) is 0. The largest absolute Gasteiger partial charge is 0.458 e. The molecule has 2 atom stereocenters. The third-order valence-electron chi connectivity index (χ3n) is 2.46. The van der Waals surface area contributed by atoms with Gasteiger partial charge in [-0.1, -0.05) is 30.4 Å². The average Bonchev–Trinajstić information content (AvgIpc) is 2.35. The Morgan fingerprint density at radius 2 is 1.82 bits per heavy atom. The molecular formula is C14H19ClO2. The lowest BCUT2D eigenvalue weighted by Crippen LogP contribution is -2.18. The number of halogens is 1. The van der Waals surface area contributed by atoms with Gasteiger partial charge < -0.3 is 4.74 Å². The highest BCUT2D eigenvalue weighted by atomic mass is 35.5. The van der Waals surface area contributed by atoms with Gasteiger partial charge in [0, 0.05) is 6.92 Å². The van der Waals surface area contributed by atoms with E-state index in [1.165, 1.54) is 19.8 Å². The molecule has 94 valence electrons. The molecule has 0 amide bonds. The molecular weight excluding hydrogens is 236 g/mol. The van der Waals surface area contributed by atoms with E-state index in [-0.39, 0.29) is 17.5 Å². The van der Waals surface area contributed by atoms with Crippen LogP contribution in [0.4, 0.5) is 0 Å². The monoisotopic (exact) mass is 254 g/mol. The van der Waals surface area contributed by atoms with Crippen molar-refractivity contribution < 1.29 is 9.53 Å². The molecule has 0 saturated carbocycles. The SMILES string of the molecule is C1=CCCC=C1.CC(=O)O[C@H]1C=C[C@@H](Cl)CC1. The van der Waals surface area contributed by atoms with Crippen LogP contribution in [0.5, 0.6) is 0 Å². The number of rotatable bonds is 1. The van der Waals surface area contributed by atoms with E-state index in [1.807, 2.05) is 12.2 Å². The summed E-state index contributed by atoms with van der Waals surface area (Å²) in [5, 5.41) is 0.113. The van der Waals surface area contributed by atoms with Gasteiger partial charge in [0.2, 0.25) is 0 Å². The summed E-state index contributed by atoms with van der Waals surface area (Å²) in [5.74, 6) is -0.229. The number of esters is 1. The molecule has 0 bridgehead atoms. The zero-order chi connectivity index (χ0) is 12.5. The second-order valence-corrected chi connectivity index (χ2v) is 4.62. The molecule has 0 aromatic heterocycles. The predicted molar refractivity (Wildman–Crippen MR) is 71.1 cm³/mol. The lowest BCUT2D eigenvalue weighted by Gasteiger charge is -2.18. The molecule has 0 N–H and O–H groups in total. The Kier molecular flexibility index (Phi) is 6.71. The van der Waals surface area contributed by atoms with E-state index in [0.29, 0.717) is 0 Å². The Morgan fingerprint density at radius 1 is 1.18 bits per heavy atom. The van der Waals surface area contributed by atoms with E-state index in [2.05, 4.69) is 24.3 Å². The van der Waals surface area contributed by atoms with Crippen LogP contribution >= 0.6 is 11.6 Å². The first kappa shape index (κ1) is 14.0. The van der Waals surface area contributed by atoms with Crippen LogP contribution in [-0.4, -0.2) is 17.5 Å². The van der Waals surface area contributed by atoms with Crippen LogP contribution in [0.25, 0.3) is 0 Å². The molecule has 0 saturated heterocycles. The van der Waals surface area contributed by atoms with E-state index >= 15 is 0 Å². The molecule has 0 fully saturated rings. The number of hydrogen-bond donors (Lipinski definition) is 0. The normalized spacial score (nSPS) is 26.0. The Balaban J connectivity index is 0.000000202. The summed E-state index contributed by atoms with van der Waals surface area (Å²) >= 11 is 5.79. The number of allylic oxidation sites excluding steroid dienone is 5. The fourth-order valence-electron chi connectivity index (χ4n) is 1.61. The van der Waals surface area contributed by atoms with Crippen LogP contribution in [0.15, 0.2) is 36.5 Å². The van der Waals surface area contributed by atoms with Gasteiger partial charge >= 0.3 is 5.97 Å². The molecule has 2 aliphatic rings. The lowest BCUT2D eigenvalue weighted by atomic mass is 10.1. The second kappa shape index (κ2) is 8.13. The maximum Gasteiger partial charge on any atom is 0.303 e. The summed E-state index contributed by atoms with van der Waals surface area (Å²) in [6.07, 6.45) is 16.4. The summed E-state index contributed by atoms with van der Waals surface area (Å²) < 4.78 is 4.96. The maximum atomic E-state index is 10.5. The van der Waals surface area contributed by atoms with Gasteiger partial charge in [-0.15, -0.1) is 11.6 Å². The first-order valence-corrected chi connectivity index (χ1v) is 6.43. The van der Waals surface area contributed by atoms with Crippen molar-refractivity contribution in [3.8, 4) is 0 Å². The summed E-state index contributed by atoms with van der Waals surface area (Å²) in [7, 11) is 0. The van der Waals surface area contributed by atoms with Gasteiger partial charge in [-0.25, -0.2) is 0 Å². The fourth-order valence-corrected chi connectivity index (χ4v) is 1.82. The van der Waals surface area contributed by atoms with Gasteiger partial charge in [0.25, 0.3) is 0 Å². The molecule has 0 aromatic carbocycles. The van der Waals surface area contributed by atoms with Gasteiger partial charge in [0.15, 0.2) is 0 Å². The fraction of sp³-hybridized carbons (Fsp3) is 0.500. The molecule has 0 heterocycles. The summed E-state index contributed by atoms with van der Waals surface area (Å²) in [6.45, 7) is 1.42. The first-order chi connectivity index (χ1) is 8.18. The van der Waals surface area contributed by atoms with Crippen LogP contribution in [0.3, 0.4) is 0 Å². The van der Waals surface area contributed by atoms with E-state index in [9.17, 15) is 4.79 Å². The maximum absolute atomic E-state index is 10.5. The van der Waals surface area contributed by atoms with E-state index in [0.717, 1.165) is 12.8 Å². The van der Waals surface area contributed by atoms with Crippen molar-refractivity contribution in [2.45, 2.75) is 44.1 Å². The van der Waals surface area contributed by atoms with Crippen LogP contribution in [0.1, 0.15) is 32.6 Å². The van der Waals surface area contributed by atoms with Crippen LogP contribution in [-0.2, 0) is 9.53 Å². The molecule has 0 radical (unpaired) electrons. The number of ether oxygens (including phenoxy) is 1. The minimum absolute atomic E-state index is 0.0532. The van der Waals surface area contributed by atoms with Crippen LogP contribution in [0.2, 0.25) is 0 Å². The summed E-state index contributed by atoms with van der Waals surface area (Å²) in [6, 6.07) is 0. The Hall–Kier alpha value is -1.02. The van der Waals surface area contributed by atoms with Crippen molar-refractivity contribution >= 4 is 17.6 Å². The highest BCUT2D eigenvalue weighted by Crippen LogP contribution is 2.18. The Morgan fingerprint density at radius 3 is 2.18 bits per heavy atom. The standard InChI is InChI=1S/C8H11ClO2.C6H8/c1-6(10)11-8-4-2-7(9)3-5-8;1-2-4-6-5-3-1/h2,4,7-8H,3,5H2,1H3;1-4H,5-6H2/t7-,8+;/m1./s1. The molecule has 17 heavy (non-hydrogen) atoms. The zero-order valence-corrected chi connectivity index (χ0v) is 10.9. The van der Waals surface area contributed by atoms with Gasteiger partial charge in [-0.05, 0) is 31.8 Å². The Labute approximate surface area is 108 Å². The molecule has 2 nitrogen and oxygen atoms in total. The second-order valence-electron chi connectivity index (χ2n) is 4.06. The van der Waals surface area contributed by atoms with Crippen molar-refractivity contribution in [2.75, 3.05) is 0 Å². The van der Waals surface area contributed by atoms with Gasteiger partial charge in [-0.2, -0.15) is 0 Å². The molecule has 0 unspecified atom stereocenters. The van der Waals surface area contributed by atoms with Crippen molar-refractivity contribution in [1.82, 2.24) is 0 Å². The van der Waals surface area contributed by atoms with Crippen molar-refractivity contribution in [3.63, 3.8) is 0 Å². The molecule has 3 heteroatoms. The molecule has 2 rings (SSSR count). The quantitative estimate of drug-likeness (QED) is 0.405. The minimum Gasteiger partial charge on any atom is -0.458 e. The van der Waals surface area contributed by atoms with Crippen LogP contribution in [0, 0.1) is 0 Å². The number of carbonyl (C=O) groups excluding carboxylic acids is 1. The molecule has 2 aliphatic carbocycles. The number of carbonyl (C=O) groups is 1. The lowest BCUT2D eigenvalue weighted by molar-refractivity contribution is -0.144. The molecule has 0 aliphatic heterocycles. The van der Waals surface area contributed by atoms with Crippen LogP contribution < -0.4 is 0 Å². The smallest absolute Gasteiger partial charge is 0.303 e. The van der Waals surface area contributed by atoms with Crippen molar-refractivity contribution in [1.29, 1.82) is 0 Å². The molecule has 0 aromatic rings.